The van der Waals surface area contributed by atoms with Gasteiger partial charge in [-0.1, -0.05) is 25.4 Å². The van der Waals surface area contributed by atoms with E-state index in [2.05, 4.69) is 29.3 Å². The summed E-state index contributed by atoms with van der Waals surface area (Å²) in [4.78, 5) is 4.46. The highest BCUT2D eigenvalue weighted by atomic mass is 16.5. The van der Waals surface area contributed by atoms with Crippen LogP contribution in [-0.4, -0.2) is 23.2 Å². The summed E-state index contributed by atoms with van der Waals surface area (Å²) in [5, 5.41) is 7.36. The van der Waals surface area contributed by atoms with Gasteiger partial charge in [0, 0.05) is 13.0 Å². The second-order valence-electron chi connectivity index (χ2n) is 4.39. The van der Waals surface area contributed by atoms with Crippen LogP contribution in [0.15, 0.2) is 4.52 Å². The van der Waals surface area contributed by atoms with Crippen molar-refractivity contribution in [3.63, 3.8) is 0 Å². The number of aromatic nitrogens is 2. The van der Waals surface area contributed by atoms with E-state index in [1.54, 1.807) is 0 Å². The van der Waals surface area contributed by atoms with Crippen molar-refractivity contribution in [3.05, 3.63) is 11.7 Å². The average molecular weight is 209 g/mol. The second-order valence-corrected chi connectivity index (χ2v) is 4.39. The first-order chi connectivity index (χ1) is 7.31. The number of nitrogens with zero attached hydrogens (tertiary/aromatic N) is 2. The maximum Gasteiger partial charge on any atom is 0.231 e. The lowest BCUT2D eigenvalue weighted by atomic mass is 9.98. The minimum absolute atomic E-state index is 0.410. The molecule has 2 rings (SSSR count). The fourth-order valence-corrected chi connectivity index (χ4v) is 2.00. The maximum absolute atomic E-state index is 5.31. The molecule has 0 radical (unpaired) electrons. The van der Waals surface area contributed by atoms with Crippen molar-refractivity contribution < 1.29 is 4.52 Å². The Morgan fingerprint density at radius 2 is 2.33 bits per heavy atom. The van der Waals surface area contributed by atoms with Crippen LogP contribution in [0.3, 0.4) is 0 Å². The molecular formula is C11H19N3O. The van der Waals surface area contributed by atoms with Crippen molar-refractivity contribution in [2.24, 2.45) is 5.92 Å². The van der Waals surface area contributed by atoms with Crippen molar-refractivity contribution in [3.8, 4) is 0 Å². The van der Waals surface area contributed by atoms with Crippen molar-refractivity contribution in [1.29, 1.82) is 0 Å². The number of hydrogen-bond donors (Lipinski definition) is 1. The average Bonchev–Trinajstić information content (AvgIpc) is 2.83. The predicted octanol–water partition coefficient (Wildman–Crippen LogP) is 1.74. The van der Waals surface area contributed by atoms with Crippen molar-refractivity contribution in [1.82, 2.24) is 15.5 Å². The first-order valence-corrected chi connectivity index (χ1v) is 5.84. The Labute approximate surface area is 90.4 Å². The molecule has 2 unspecified atom stereocenters. The van der Waals surface area contributed by atoms with E-state index < -0.39 is 0 Å². The monoisotopic (exact) mass is 209 g/mol. The molecular weight excluding hydrogens is 190 g/mol. The molecule has 1 aliphatic heterocycles. The van der Waals surface area contributed by atoms with Crippen LogP contribution in [0.2, 0.25) is 0 Å². The standard InChI is InChI=1S/C11H19N3O/c1-3-4-5-10-13-11(15-14-10)9-7-12-6-8(9)2/h8-9,12H,3-7H2,1-2H3. The Hall–Kier alpha value is -0.900. The lowest BCUT2D eigenvalue weighted by Crippen LogP contribution is -2.08. The van der Waals surface area contributed by atoms with Crippen molar-refractivity contribution >= 4 is 0 Å². The van der Waals surface area contributed by atoms with Gasteiger partial charge in [0.05, 0.1) is 5.92 Å². The molecule has 15 heavy (non-hydrogen) atoms. The minimum atomic E-state index is 0.410. The lowest BCUT2D eigenvalue weighted by molar-refractivity contribution is 0.336. The van der Waals surface area contributed by atoms with E-state index in [1.807, 2.05) is 0 Å². The molecule has 0 aromatic carbocycles. The normalized spacial score (nSPS) is 26.0. The summed E-state index contributed by atoms with van der Waals surface area (Å²) in [6, 6.07) is 0. The van der Waals surface area contributed by atoms with Gasteiger partial charge in [0.1, 0.15) is 0 Å². The molecule has 0 amide bonds. The Morgan fingerprint density at radius 3 is 3.00 bits per heavy atom. The summed E-state index contributed by atoms with van der Waals surface area (Å²) in [7, 11) is 0. The SMILES string of the molecule is CCCCc1noc(C2CNCC2C)n1. The van der Waals surface area contributed by atoms with E-state index in [0.29, 0.717) is 11.8 Å². The Morgan fingerprint density at radius 1 is 1.47 bits per heavy atom. The zero-order valence-corrected chi connectivity index (χ0v) is 9.49. The third kappa shape index (κ3) is 2.37. The smallest absolute Gasteiger partial charge is 0.231 e. The molecule has 0 spiro atoms. The number of nitrogens with one attached hydrogen (secondary N) is 1. The van der Waals surface area contributed by atoms with Crippen LogP contribution in [0.1, 0.15) is 44.3 Å². The summed E-state index contributed by atoms with van der Waals surface area (Å²) in [6.07, 6.45) is 3.25. The fraction of sp³-hybridized carbons (Fsp3) is 0.818. The summed E-state index contributed by atoms with van der Waals surface area (Å²) < 4.78 is 5.31. The first kappa shape index (κ1) is 10.6. The zero-order chi connectivity index (χ0) is 10.7. The Balaban J connectivity index is 1.99. The van der Waals surface area contributed by atoms with E-state index >= 15 is 0 Å². The van der Waals surface area contributed by atoms with Crippen LogP contribution in [0.5, 0.6) is 0 Å². The highest BCUT2D eigenvalue weighted by Crippen LogP contribution is 2.26. The minimum Gasteiger partial charge on any atom is -0.339 e. The van der Waals surface area contributed by atoms with Crippen LogP contribution in [0, 0.1) is 5.92 Å². The summed E-state index contributed by atoms with van der Waals surface area (Å²) >= 11 is 0. The Kier molecular flexibility index (Phi) is 3.36. The molecule has 1 aromatic heterocycles. The molecule has 1 saturated heterocycles. The van der Waals surface area contributed by atoms with Crippen LogP contribution in [0.25, 0.3) is 0 Å². The highest BCUT2D eigenvalue weighted by molar-refractivity contribution is 5.00. The van der Waals surface area contributed by atoms with Gasteiger partial charge >= 0.3 is 0 Å². The fourth-order valence-electron chi connectivity index (χ4n) is 2.00. The molecule has 1 N–H and O–H groups in total. The van der Waals surface area contributed by atoms with Gasteiger partial charge in [0.2, 0.25) is 5.89 Å². The first-order valence-electron chi connectivity index (χ1n) is 5.84. The van der Waals surface area contributed by atoms with Gasteiger partial charge in [-0.2, -0.15) is 4.98 Å². The number of unbranched alkanes of at least 4 members (excludes halogenated alkanes) is 1. The number of rotatable bonds is 4. The van der Waals surface area contributed by atoms with E-state index in [4.69, 9.17) is 4.52 Å². The molecule has 0 saturated carbocycles. The van der Waals surface area contributed by atoms with E-state index in [-0.39, 0.29) is 0 Å². The van der Waals surface area contributed by atoms with Crippen molar-refractivity contribution in [2.75, 3.05) is 13.1 Å². The molecule has 1 fully saturated rings. The third-order valence-electron chi connectivity index (χ3n) is 3.07. The quantitative estimate of drug-likeness (QED) is 0.820. The molecule has 2 atom stereocenters. The summed E-state index contributed by atoms with van der Waals surface area (Å²) in [5.74, 6) is 2.70. The zero-order valence-electron chi connectivity index (χ0n) is 9.49. The molecule has 1 aromatic rings. The second kappa shape index (κ2) is 4.75. The molecule has 84 valence electrons. The maximum atomic E-state index is 5.31. The van der Waals surface area contributed by atoms with Gasteiger partial charge in [-0.3, -0.25) is 0 Å². The summed E-state index contributed by atoms with van der Waals surface area (Å²) in [6.45, 7) is 6.42. The van der Waals surface area contributed by atoms with Gasteiger partial charge in [0.25, 0.3) is 0 Å². The lowest BCUT2D eigenvalue weighted by Gasteiger charge is -2.07. The van der Waals surface area contributed by atoms with E-state index in [9.17, 15) is 0 Å². The van der Waals surface area contributed by atoms with Crippen LogP contribution < -0.4 is 5.32 Å². The van der Waals surface area contributed by atoms with E-state index in [1.165, 1.54) is 6.42 Å². The number of hydrogen-bond acceptors (Lipinski definition) is 4. The molecule has 0 bridgehead atoms. The predicted molar refractivity (Wildman–Crippen MR) is 57.7 cm³/mol. The van der Waals surface area contributed by atoms with Crippen LogP contribution >= 0.6 is 0 Å². The van der Waals surface area contributed by atoms with Gasteiger partial charge in [-0.05, 0) is 18.9 Å². The molecule has 4 heteroatoms. The largest absolute Gasteiger partial charge is 0.339 e. The Bertz CT molecular complexity index is 311. The van der Waals surface area contributed by atoms with Gasteiger partial charge in [-0.15, -0.1) is 0 Å². The number of aryl methyl sites for hydroxylation is 1. The molecule has 4 nitrogen and oxygen atoms in total. The summed E-state index contributed by atoms with van der Waals surface area (Å²) in [5.41, 5.74) is 0. The van der Waals surface area contributed by atoms with Crippen molar-refractivity contribution in [2.45, 2.75) is 39.0 Å². The van der Waals surface area contributed by atoms with E-state index in [0.717, 1.165) is 37.6 Å². The molecule has 2 heterocycles. The molecule has 0 aliphatic carbocycles. The van der Waals surface area contributed by atoms with Crippen LogP contribution in [-0.2, 0) is 6.42 Å². The van der Waals surface area contributed by atoms with Crippen LogP contribution in [0.4, 0.5) is 0 Å². The topological polar surface area (TPSA) is 51.0 Å². The third-order valence-corrected chi connectivity index (χ3v) is 3.07. The highest BCUT2D eigenvalue weighted by Gasteiger charge is 2.29. The van der Waals surface area contributed by atoms with Gasteiger partial charge in [0.15, 0.2) is 5.82 Å². The van der Waals surface area contributed by atoms with Gasteiger partial charge in [-0.25, -0.2) is 0 Å². The molecule has 1 aliphatic rings. The van der Waals surface area contributed by atoms with Gasteiger partial charge < -0.3 is 9.84 Å².